The van der Waals surface area contributed by atoms with E-state index in [1.807, 2.05) is 11.8 Å². The van der Waals surface area contributed by atoms with Crippen molar-refractivity contribution in [3.63, 3.8) is 0 Å². The lowest BCUT2D eigenvalue weighted by molar-refractivity contribution is -0.131. The van der Waals surface area contributed by atoms with E-state index in [1.54, 1.807) is 47.0 Å². The van der Waals surface area contributed by atoms with Crippen LogP contribution in [0, 0.1) is 6.92 Å². The smallest absolute Gasteiger partial charge is 0.242 e. The maximum absolute atomic E-state index is 13.2. The average molecular weight is 502 g/mol. The highest BCUT2D eigenvalue weighted by atomic mass is 35.5. The molecule has 34 heavy (non-hydrogen) atoms. The van der Waals surface area contributed by atoms with Gasteiger partial charge in [-0.15, -0.1) is 0 Å². The highest BCUT2D eigenvalue weighted by molar-refractivity contribution is 7.92. The molecule has 4 rings (SSSR count). The number of nitrogens with one attached hydrogen (secondary N) is 1. The molecule has 3 aromatic rings. The second-order valence-corrected chi connectivity index (χ2v) is 11.1. The van der Waals surface area contributed by atoms with Crippen molar-refractivity contribution in [1.29, 1.82) is 0 Å². The Morgan fingerprint density at radius 3 is 2.44 bits per heavy atom. The van der Waals surface area contributed by atoms with Crippen LogP contribution in [0.15, 0.2) is 53.6 Å². The summed E-state index contributed by atoms with van der Waals surface area (Å²) in [6.45, 7) is 3.36. The van der Waals surface area contributed by atoms with Gasteiger partial charge in [0.1, 0.15) is 12.3 Å². The number of carbonyl (C=O) groups is 2. The molecule has 1 aliphatic rings. The van der Waals surface area contributed by atoms with E-state index in [0.717, 1.165) is 44.3 Å². The Labute approximate surface area is 204 Å². The number of anilines is 1. The summed E-state index contributed by atoms with van der Waals surface area (Å²) in [4.78, 5) is 27.4. The lowest BCUT2D eigenvalue weighted by Crippen LogP contribution is -2.34. The van der Waals surface area contributed by atoms with Gasteiger partial charge in [-0.2, -0.15) is 0 Å². The summed E-state index contributed by atoms with van der Waals surface area (Å²) in [5.41, 5.74) is 1.94. The Kier molecular flexibility index (Phi) is 7.28. The number of halogens is 1. The summed E-state index contributed by atoms with van der Waals surface area (Å²) in [5, 5.41) is 3.58. The van der Waals surface area contributed by atoms with Crippen molar-refractivity contribution in [2.45, 2.75) is 44.0 Å². The van der Waals surface area contributed by atoms with Crippen LogP contribution >= 0.6 is 11.6 Å². The second-order valence-electron chi connectivity index (χ2n) is 8.70. The van der Waals surface area contributed by atoms with E-state index >= 15 is 0 Å². The van der Waals surface area contributed by atoms with Gasteiger partial charge in [0.25, 0.3) is 0 Å². The largest absolute Gasteiger partial charge is 0.341 e. The molecule has 0 aliphatic carbocycles. The number of nitrogens with zero attached hydrogens (tertiary/aromatic N) is 2. The number of hydrogen-bond donors (Lipinski definition) is 1. The predicted molar refractivity (Wildman–Crippen MR) is 134 cm³/mol. The summed E-state index contributed by atoms with van der Waals surface area (Å²) in [7, 11) is -3.96. The molecule has 1 fully saturated rings. The molecule has 0 atom stereocenters. The van der Waals surface area contributed by atoms with Crippen molar-refractivity contribution in [3.05, 3.63) is 59.2 Å². The zero-order valence-corrected chi connectivity index (χ0v) is 20.7. The number of sulfone groups is 1. The highest BCUT2D eigenvalue weighted by Crippen LogP contribution is 2.27. The Morgan fingerprint density at radius 2 is 1.74 bits per heavy atom. The van der Waals surface area contributed by atoms with Gasteiger partial charge in [-0.25, -0.2) is 8.42 Å². The number of aromatic nitrogens is 1. The number of hydrogen-bond acceptors (Lipinski definition) is 4. The van der Waals surface area contributed by atoms with Crippen LogP contribution in [0.25, 0.3) is 10.9 Å². The van der Waals surface area contributed by atoms with E-state index in [0.29, 0.717) is 21.6 Å². The van der Waals surface area contributed by atoms with Gasteiger partial charge >= 0.3 is 0 Å². The molecule has 0 saturated carbocycles. The molecule has 0 unspecified atom stereocenters. The quantitative estimate of drug-likeness (QED) is 0.541. The van der Waals surface area contributed by atoms with Crippen molar-refractivity contribution >= 4 is 49.8 Å². The van der Waals surface area contributed by atoms with E-state index in [9.17, 15) is 18.0 Å². The SMILES string of the molecule is Cc1ccc(NC(=O)CS(=O)(=O)c2cn(CC(=O)N3CCCCCC3)c3ccccc23)cc1Cl. The zero-order chi connectivity index (χ0) is 24.3. The summed E-state index contributed by atoms with van der Waals surface area (Å²) >= 11 is 6.10. The van der Waals surface area contributed by atoms with E-state index in [-0.39, 0.29) is 17.3 Å². The number of aryl methyl sites for hydroxylation is 1. The fourth-order valence-corrected chi connectivity index (χ4v) is 5.82. The average Bonchev–Trinajstić information content (AvgIpc) is 2.96. The van der Waals surface area contributed by atoms with Gasteiger partial charge in [-0.05, 0) is 43.5 Å². The van der Waals surface area contributed by atoms with Crippen LogP contribution in [-0.4, -0.2) is 48.5 Å². The first-order chi connectivity index (χ1) is 16.2. The van der Waals surface area contributed by atoms with Gasteiger partial charge in [0.05, 0.1) is 4.90 Å². The molecule has 7 nitrogen and oxygen atoms in total. The van der Waals surface area contributed by atoms with Crippen molar-refractivity contribution in [2.75, 3.05) is 24.2 Å². The number of benzene rings is 2. The molecule has 1 aliphatic heterocycles. The van der Waals surface area contributed by atoms with Crippen LogP contribution in [0.5, 0.6) is 0 Å². The normalized spacial score (nSPS) is 14.7. The number of para-hydroxylation sites is 1. The standard InChI is InChI=1S/C25H28ClN3O4S/c1-18-10-11-19(14-21(18)26)27-24(30)17-34(32,33)23-15-29(22-9-5-4-8-20(22)23)16-25(31)28-12-6-2-3-7-13-28/h4-5,8-11,14-15H,2-3,6-7,12-13,16-17H2,1H3,(H,27,30). The molecule has 0 spiro atoms. The van der Waals surface area contributed by atoms with Gasteiger partial charge < -0.3 is 14.8 Å². The van der Waals surface area contributed by atoms with E-state index < -0.39 is 21.5 Å². The number of rotatable bonds is 6. The molecule has 2 aromatic carbocycles. The zero-order valence-electron chi connectivity index (χ0n) is 19.1. The summed E-state index contributed by atoms with van der Waals surface area (Å²) in [5.74, 6) is -1.40. The number of carbonyl (C=O) groups excluding carboxylic acids is 2. The first-order valence-electron chi connectivity index (χ1n) is 11.4. The topological polar surface area (TPSA) is 88.5 Å². The molecule has 2 amide bonds. The third-order valence-corrected chi connectivity index (χ3v) is 8.17. The lowest BCUT2D eigenvalue weighted by atomic mass is 10.2. The van der Waals surface area contributed by atoms with Crippen LogP contribution in [0.1, 0.15) is 31.2 Å². The number of likely N-dealkylation sites (tertiary alicyclic amines) is 1. The molecule has 1 aromatic heterocycles. The Morgan fingerprint density at radius 1 is 1.03 bits per heavy atom. The summed E-state index contributed by atoms with van der Waals surface area (Å²) in [6.07, 6.45) is 5.69. The fourth-order valence-electron chi connectivity index (χ4n) is 4.28. The van der Waals surface area contributed by atoms with Crippen LogP contribution in [-0.2, 0) is 26.0 Å². The number of amides is 2. The second kappa shape index (κ2) is 10.2. The van der Waals surface area contributed by atoms with Gasteiger partial charge in [0, 0.05) is 40.9 Å². The lowest BCUT2D eigenvalue weighted by Gasteiger charge is -2.20. The minimum Gasteiger partial charge on any atom is -0.341 e. The van der Waals surface area contributed by atoms with Crippen molar-refractivity contribution in [1.82, 2.24) is 9.47 Å². The molecule has 0 bridgehead atoms. The van der Waals surface area contributed by atoms with Crippen LogP contribution in [0.4, 0.5) is 5.69 Å². The van der Waals surface area contributed by atoms with Crippen molar-refractivity contribution in [2.24, 2.45) is 0 Å². The number of fused-ring (bicyclic) bond motifs is 1. The van der Waals surface area contributed by atoms with E-state index in [1.165, 1.54) is 6.20 Å². The predicted octanol–water partition coefficient (Wildman–Crippen LogP) is 4.42. The summed E-state index contributed by atoms with van der Waals surface area (Å²) < 4.78 is 28.1. The molecular weight excluding hydrogens is 474 g/mol. The first kappa shape index (κ1) is 24.3. The van der Waals surface area contributed by atoms with Gasteiger partial charge in [0.2, 0.25) is 11.8 Å². The Hall–Kier alpha value is -2.84. The van der Waals surface area contributed by atoms with Gasteiger partial charge in [-0.1, -0.05) is 48.7 Å². The third kappa shape index (κ3) is 5.45. The van der Waals surface area contributed by atoms with Crippen molar-refractivity contribution < 1.29 is 18.0 Å². The fraction of sp³-hybridized carbons (Fsp3) is 0.360. The summed E-state index contributed by atoms with van der Waals surface area (Å²) in [6, 6.07) is 12.1. The van der Waals surface area contributed by atoms with Crippen LogP contribution in [0.2, 0.25) is 5.02 Å². The van der Waals surface area contributed by atoms with Gasteiger partial charge in [-0.3, -0.25) is 9.59 Å². The highest BCUT2D eigenvalue weighted by Gasteiger charge is 2.26. The molecule has 0 radical (unpaired) electrons. The minimum absolute atomic E-state index is 0.0272. The molecule has 180 valence electrons. The monoisotopic (exact) mass is 501 g/mol. The first-order valence-corrected chi connectivity index (χ1v) is 13.4. The Balaban J connectivity index is 1.56. The molecule has 2 heterocycles. The van der Waals surface area contributed by atoms with Crippen LogP contribution < -0.4 is 5.32 Å². The van der Waals surface area contributed by atoms with E-state index in [4.69, 9.17) is 11.6 Å². The third-order valence-electron chi connectivity index (χ3n) is 6.13. The van der Waals surface area contributed by atoms with Gasteiger partial charge in [0.15, 0.2) is 9.84 Å². The Bertz CT molecular complexity index is 1330. The molecule has 9 heteroatoms. The van der Waals surface area contributed by atoms with Crippen molar-refractivity contribution in [3.8, 4) is 0 Å². The minimum atomic E-state index is -3.96. The van der Waals surface area contributed by atoms with Crippen LogP contribution in [0.3, 0.4) is 0 Å². The maximum atomic E-state index is 13.2. The van der Waals surface area contributed by atoms with E-state index in [2.05, 4.69) is 5.32 Å². The maximum Gasteiger partial charge on any atom is 0.242 e. The molecular formula is C25H28ClN3O4S. The molecule has 1 saturated heterocycles. The molecule has 1 N–H and O–H groups in total.